The van der Waals surface area contributed by atoms with E-state index in [0.29, 0.717) is 6.04 Å². The van der Waals surface area contributed by atoms with Crippen LogP contribution in [-0.2, 0) is 0 Å². The first-order valence-electron chi connectivity index (χ1n) is 7.31. The second kappa shape index (κ2) is 6.91. The van der Waals surface area contributed by atoms with E-state index in [-0.39, 0.29) is 0 Å². The summed E-state index contributed by atoms with van der Waals surface area (Å²) in [4.78, 5) is 2.62. The molecule has 2 heteroatoms. The molecule has 1 heterocycles. The van der Waals surface area contributed by atoms with E-state index in [4.69, 9.17) is 0 Å². The van der Waals surface area contributed by atoms with Gasteiger partial charge in [-0.3, -0.25) is 4.90 Å². The first-order chi connectivity index (χ1) is 8.81. The van der Waals surface area contributed by atoms with E-state index in [1.54, 1.807) is 0 Å². The molecule has 100 valence electrons. The van der Waals surface area contributed by atoms with Gasteiger partial charge in [-0.2, -0.15) is 0 Å². The molecule has 0 saturated carbocycles. The van der Waals surface area contributed by atoms with Crippen molar-refractivity contribution in [3.8, 4) is 0 Å². The lowest BCUT2D eigenvalue weighted by molar-refractivity contribution is 0.251. The molecule has 2 rings (SSSR count). The number of nitrogens with zero attached hydrogens (tertiary/aromatic N) is 1. The third-order valence-corrected chi connectivity index (χ3v) is 4.01. The highest BCUT2D eigenvalue weighted by molar-refractivity contribution is 5.18. The smallest absolute Gasteiger partial charge is 0.0320 e. The topological polar surface area (TPSA) is 15.3 Å². The zero-order valence-corrected chi connectivity index (χ0v) is 11.7. The fourth-order valence-electron chi connectivity index (χ4n) is 2.81. The number of nitrogens with one attached hydrogen (secondary N) is 1. The lowest BCUT2D eigenvalue weighted by atomic mass is 10.1. The first-order valence-corrected chi connectivity index (χ1v) is 7.31. The predicted molar refractivity (Wildman–Crippen MR) is 77.7 cm³/mol. The summed E-state index contributed by atoms with van der Waals surface area (Å²) in [7, 11) is 0. The van der Waals surface area contributed by atoms with E-state index in [0.717, 1.165) is 12.5 Å². The first kappa shape index (κ1) is 13.6. The Morgan fingerprint density at radius 2 is 2.11 bits per heavy atom. The maximum absolute atomic E-state index is 3.55. The highest BCUT2D eigenvalue weighted by Gasteiger charge is 2.26. The lowest BCUT2D eigenvalue weighted by Gasteiger charge is -2.24. The van der Waals surface area contributed by atoms with Crippen molar-refractivity contribution < 1.29 is 0 Å². The Hall–Kier alpha value is -0.860. The minimum atomic E-state index is 0.558. The van der Waals surface area contributed by atoms with Crippen LogP contribution in [0.1, 0.15) is 38.3 Å². The summed E-state index contributed by atoms with van der Waals surface area (Å²) in [6.45, 7) is 9.39. The molecule has 2 unspecified atom stereocenters. The summed E-state index contributed by atoms with van der Waals surface area (Å²) in [5, 5.41) is 3.55. The number of hydrogen-bond acceptors (Lipinski definition) is 2. The molecule has 1 aliphatic heterocycles. The highest BCUT2D eigenvalue weighted by Crippen LogP contribution is 2.26. The largest absolute Gasteiger partial charge is 0.316 e. The summed E-state index contributed by atoms with van der Waals surface area (Å²) in [6, 6.07) is 11.4. The Bertz CT molecular complexity index is 336. The molecule has 0 aliphatic carbocycles. The second-order valence-corrected chi connectivity index (χ2v) is 5.44. The SMILES string of the molecule is CCCNCC1CCN(C(C)c2ccccc2)C1. The molecule has 18 heavy (non-hydrogen) atoms. The van der Waals surface area contributed by atoms with Gasteiger partial charge in [0, 0.05) is 12.6 Å². The maximum atomic E-state index is 3.55. The molecule has 0 spiro atoms. The van der Waals surface area contributed by atoms with E-state index in [2.05, 4.69) is 54.4 Å². The van der Waals surface area contributed by atoms with E-state index in [1.807, 2.05) is 0 Å². The Balaban J connectivity index is 1.81. The van der Waals surface area contributed by atoms with Gasteiger partial charge in [-0.1, -0.05) is 37.3 Å². The van der Waals surface area contributed by atoms with Gasteiger partial charge in [-0.05, 0) is 50.9 Å². The molecular weight excluding hydrogens is 220 g/mol. The summed E-state index contributed by atoms with van der Waals surface area (Å²) in [5.41, 5.74) is 1.44. The molecule has 0 amide bonds. The number of hydrogen-bond donors (Lipinski definition) is 1. The molecule has 0 aromatic heterocycles. The Morgan fingerprint density at radius 3 is 2.83 bits per heavy atom. The average molecular weight is 246 g/mol. The van der Waals surface area contributed by atoms with Crippen LogP contribution in [0.5, 0.6) is 0 Å². The van der Waals surface area contributed by atoms with Crippen molar-refractivity contribution in [2.24, 2.45) is 5.92 Å². The number of likely N-dealkylation sites (tertiary alicyclic amines) is 1. The summed E-state index contributed by atoms with van der Waals surface area (Å²) in [5.74, 6) is 0.836. The van der Waals surface area contributed by atoms with Crippen LogP contribution in [0.2, 0.25) is 0 Å². The second-order valence-electron chi connectivity index (χ2n) is 5.44. The minimum Gasteiger partial charge on any atom is -0.316 e. The van der Waals surface area contributed by atoms with E-state index >= 15 is 0 Å². The fourth-order valence-corrected chi connectivity index (χ4v) is 2.81. The molecule has 2 nitrogen and oxygen atoms in total. The van der Waals surface area contributed by atoms with E-state index in [1.165, 1.54) is 38.0 Å². The van der Waals surface area contributed by atoms with Gasteiger partial charge in [0.25, 0.3) is 0 Å². The molecule has 1 saturated heterocycles. The van der Waals surface area contributed by atoms with E-state index in [9.17, 15) is 0 Å². The predicted octanol–water partition coefficient (Wildman–Crippen LogP) is 3.07. The summed E-state index contributed by atoms with van der Waals surface area (Å²) >= 11 is 0. The molecule has 1 aliphatic rings. The molecular formula is C16H26N2. The fraction of sp³-hybridized carbons (Fsp3) is 0.625. The van der Waals surface area contributed by atoms with Crippen molar-refractivity contribution in [1.82, 2.24) is 10.2 Å². The summed E-state index contributed by atoms with van der Waals surface area (Å²) < 4.78 is 0. The molecule has 0 radical (unpaired) electrons. The van der Waals surface area contributed by atoms with Crippen LogP contribution in [0, 0.1) is 5.92 Å². The summed E-state index contributed by atoms with van der Waals surface area (Å²) in [6.07, 6.45) is 2.57. The van der Waals surface area contributed by atoms with Crippen molar-refractivity contribution in [2.45, 2.75) is 32.7 Å². The van der Waals surface area contributed by atoms with Crippen molar-refractivity contribution in [3.05, 3.63) is 35.9 Å². The molecule has 1 aromatic rings. The Morgan fingerprint density at radius 1 is 1.33 bits per heavy atom. The van der Waals surface area contributed by atoms with Crippen LogP contribution in [0.3, 0.4) is 0 Å². The van der Waals surface area contributed by atoms with Crippen molar-refractivity contribution in [3.63, 3.8) is 0 Å². The van der Waals surface area contributed by atoms with Gasteiger partial charge in [-0.15, -0.1) is 0 Å². The van der Waals surface area contributed by atoms with Gasteiger partial charge in [0.15, 0.2) is 0 Å². The van der Waals surface area contributed by atoms with Gasteiger partial charge >= 0.3 is 0 Å². The highest BCUT2D eigenvalue weighted by atomic mass is 15.2. The normalized spacial score (nSPS) is 22.2. The zero-order valence-electron chi connectivity index (χ0n) is 11.7. The van der Waals surface area contributed by atoms with Gasteiger partial charge in [-0.25, -0.2) is 0 Å². The average Bonchev–Trinajstić information content (AvgIpc) is 2.88. The number of benzene rings is 1. The third-order valence-electron chi connectivity index (χ3n) is 4.01. The standard InChI is InChI=1S/C16H26N2/c1-3-10-17-12-15-9-11-18(13-15)14(2)16-7-5-4-6-8-16/h4-8,14-15,17H,3,9-13H2,1-2H3. The van der Waals surface area contributed by atoms with Gasteiger partial charge in [0.2, 0.25) is 0 Å². The van der Waals surface area contributed by atoms with Crippen LogP contribution in [0.4, 0.5) is 0 Å². The molecule has 2 atom stereocenters. The maximum Gasteiger partial charge on any atom is 0.0320 e. The van der Waals surface area contributed by atoms with Crippen molar-refractivity contribution >= 4 is 0 Å². The quantitative estimate of drug-likeness (QED) is 0.776. The zero-order chi connectivity index (χ0) is 12.8. The molecule has 0 bridgehead atoms. The van der Waals surface area contributed by atoms with Crippen LogP contribution >= 0.6 is 0 Å². The van der Waals surface area contributed by atoms with Gasteiger partial charge in [0.1, 0.15) is 0 Å². The van der Waals surface area contributed by atoms with E-state index < -0.39 is 0 Å². The molecule has 1 aromatic carbocycles. The third kappa shape index (κ3) is 3.56. The van der Waals surface area contributed by atoms with Crippen LogP contribution in [0.15, 0.2) is 30.3 Å². The van der Waals surface area contributed by atoms with Gasteiger partial charge < -0.3 is 5.32 Å². The lowest BCUT2D eigenvalue weighted by Crippen LogP contribution is -2.28. The van der Waals surface area contributed by atoms with Crippen LogP contribution in [-0.4, -0.2) is 31.1 Å². The molecule has 1 fully saturated rings. The van der Waals surface area contributed by atoms with Crippen LogP contribution < -0.4 is 5.32 Å². The van der Waals surface area contributed by atoms with Crippen LogP contribution in [0.25, 0.3) is 0 Å². The van der Waals surface area contributed by atoms with Crippen molar-refractivity contribution in [2.75, 3.05) is 26.2 Å². The van der Waals surface area contributed by atoms with Gasteiger partial charge in [0.05, 0.1) is 0 Å². The van der Waals surface area contributed by atoms with Crippen molar-refractivity contribution in [1.29, 1.82) is 0 Å². The monoisotopic (exact) mass is 246 g/mol. The Kier molecular flexibility index (Phi) is 5.21. The minimum absolute atomic E-state index is 0.558. The molecule has 1 N–H and O–H groups in total. The number of rotatable bonds is 6. The Labute approximate surface area is 111 Å².